The largest absolute Gasteiger partial charge is 0.271 e. The lowest BCUT2D eigenvalue weighted by Crippen LogP contribution is -2.28. The molecule has 1 aliphatic rings. The summed E-state index contributed by atoms with van der Waals surface area (Å²) in [6.07, 6.45) is 2.87. The Kier molecular flexibility index (Phi) is 2.94. The number of hydrogen-bond acceptors (Lipinski definition) is 3. The van der Waals surface area contributed by atoms with Gasteiger partial charge in [0.25, 0.3) is 0 Å². The van der Waals surface area contributed by atoms with E-state index in [1.54, 1.807) is 0 Å². The van der Waals surface area contributed by atoms with Gasteiger partial charge in [-0.2, -0.15) is 5.26 Å². The third kappa shape index (κ3) is 3.08. The molecule has 0 saturated heterocycles. The first-order chi connectivity index (χ1) is 6.03. The molecule has 1 rings (SSSR count). The first-order valence-electron chi connectivity index (χ1n) is 4.59. The van der Waals surface area contributed by atoms with Gasteiger partial charge in [0, 0.05) is 0 Å². The molecule has 3 heteroatoms. The van der Waals surface area contributed by atoms with Gasteiger partial charge >= 0.3 is 0 Å². The molecule has 72 valence electrons. The monoisotopic (exact) mass is 180 g/mol. The third-order valence-electron chi connectivity index (χ3n) is 1.83. The van der Waals surface area contributed by atoms with Crippen LogP contribution in [-0.4, -0.2) is 5.60 Å². The summed E-state index contributed by atoms with van der Waals surface area (Å²) in [5, 5.41) is 8.76. The predicted molar refractivity (Wildman–Crippen MR) is 50.5 cm³/mol. The second-order valence-corrected chi connectivity index (χ2v) is 4.24. The Hall–Kier alpha value is -1.01. The van der Waals surface area contributed by atoms with E-state index in [4.69, 9.17) is 10.1 Å². The van der Waals surface area contributed by atoms with Gasteiger partial charge in [-0.3, -0.25) is 10.3 Å². The fourth-order valence-corrected chi connectivity index (χ4v) is 1.19. The van der Waals surface area contributed by atoms with Gasteiger partial charge in [-0.1, -0.05) is 0 Å². The van der Waals surface area contributed by atoms with E-state index in [0.717, 1.165) is 30.5 Å². The third-order valence-corrected chi connectivity index (χ3v) is 1.83. The molecular formula is C10H16N2O. The number of nitriles is 1. The SMILES string of the molecule is CC(C)(C)ONC1=C(C#N)CCC1. The highest BCUT2D eigenvalue weighted by Crippen LogP contribution is 2.23. The average Bonchev–Trinajstić information content (AvgIpc) is 2.46. The van der Waals surface area contributed by atoms with E-state index in [9.17, 15) is 0 Å². The first kappa shape index (κ1) is 10.1. The highest BCUT2D eigenvalue weighted by atomic mass is 16.7. The molecule has 0 aliphatic heterocycles. The molecule has 0 aromatic carbocycles. The zero-order valence-electron chi connectivity index (χ0n) is 8.48. The average molecular weight is 180 g/mol. The van der Waals surface area contributed by atoms with Crippen molar-refractivity contribution in [3.63, 3.8) is 0 Å². The molecule has 0 atom stereocenters. The second-order valence-electron chi connectivity index (χ2n) is 4.24. The number of allylic oxidation sites excluding steroid dienone is 2. The normalized spacial score (nSPS) is 17.4. The molecule has 0 aromatic rings. The Labute approximate surface area is 79.3 Å². The van der Waals surface area contributed by atoms with E-state index in [1.807, 2.05) is 20.8 Å². The molecule has 1 N–H and O–H groups in total. The van der Waals surface area contributed by atoms with Crippen molar-refractivity contribution in [3.05, 3.63) is 11.3 Å². The minimum atomic E-state index is -0.212. The molecule has 0 fully saturated rings. The van der Waals surface area contributed by atoms with Crippen LogP contribution in [0.15, 0.2) is 11.3 Å². The minimum absolute atomic E-state index is 0.212. The van der Waals surface area contributed by atoms with Gasteiger partial charge < -0.3 is 0 Å². The van der Waals surface area contributed by atoms with Crippen LogP contribution in [0.25, 0.3) is 0 Å². The van der Waals surface area contributed by atoms with Gasteiger partial charge in [-0.15, -0.1) is 0 Å². The number of hydroxylamine groups is 1. The maximum absolute atomic E-state index is 8.76. The molecule has 0 radical (unpaired) electrons. The molecule has 0 amide bonds. The Morgan fingerprint density at radius 2 is 2.08 bits per heavy atom. The van der Waals surface area contributed by atoms with Crippen LogP contribution < -0.4 is 5.48 Å². The van der Waals surface area contributed by atoms with Crippen molar-refractivity contribution in [2.24, 2.45) is 0 Å². The van der Waals surface area contributed by atoms with Crippen LogP contribution in [-0.2, 0) is 4.84 Å². The summed E-state index contributed by atoms with van der Waals surface area (Å²) in [7, 11) is 0. The fourth-order valence-electron chi connectivity index (χ4n) is 1.19. The summed E-state index contributed by atoms with van der Waals surface area (Å²) in [4.78, 5) is 5.39. The van der Waals surface area contributed by atoms with E-state index in [0.29, 0.717) is 0 Å². The topological polar surface area (TPSA) is 45.0 Å². The summed E-state index contributed by atoms with van der Waals surface area (Å²) in [5.74, 6) is 0. The summed E-state index contributed by atoms with van der Waals surface area (Å²) in [6, 6.07) is 2.19. The lowest BCUT2D eigenvalue weighted by atomic mass is 10.2. The Bertz CT molecular complexity index is 255. The highest BCUT2D eigenvalue weighted by molar-refractivity contribution is 5.29. The van der Waals surface area contributed by atoms with Crippen LogP contribution in [0.4, 0.5) is 0 Å². The number of nitrogens with one attached hydrogen (secondary N) is 1. The smallest absolute Gasteiger partial charge is 0.0966 e. The van der Waals surface area contributed by atoms with Crippen LogP contribution in [0.3, 0.4) is 0 Å². The van der Waals surface area contributed by atoms with Crippen molar-refractivity contribution in [1.29, 1.82) is 5.26 Å². The molecule has 0 aromatic heterocycles. The standard InChI is InChI=1S/C10H16N2O/c1-10(2,3)13-12-9-6-4-5-8(9)7-11/h12H,4-6H2,1-3H3. The van der Waals surface area contributed by atoms with Crippen molar-refractivity contribution in [1.82, 2.24) is 5.48 Å². The van der Waals surface area contributed by atoms with Gasteiger partial charge in [0.15, 0.2) is 0 Å². The first-order valence-corrected chi connectivity index (χ1v) is 4.59. The number of nitrogens with zero attached hydrogens (tertiary/aromatic N) is 1. The molecule has 0 heterocycles. The van der Waals surface area contributed by atoms with E-state index >= 15 is 0 Å². The van der Waals surface area contributed by atoms with E-state index < -0.39 is 0 Å². The maximum atomic E-state index is 8.76. The number of rotatable bonds is 2. The Balaban J connectivity index is 2.50. The fraction of sp³-hybridized carbons (Fsp3) is 0.700. The van der Waals surface area contributed by atoms with Gasteiger partial charge in [-0.25, -0.2) is 0 Å². The van der Waals surface area contributed by atoms with Gasteiger partial charge in [0.05, 0.1) is 22.9 Å². The minimum Gasteiger partial charge on any atom is -0.271 e. The van der Waals surface area contributed by atoms with E-state index in [-0.39, 0.29) is 5.60 Å². The predicted octanol–water partition coefficient (Wildman–Crippen LogP) is 2.27. The summed E-state index contributed by atoms with van der Waals surface area (Å²) in [5.41, 5.74) is 4.46. The molecule has 13 heavy (non-hydrogen) atoms. The van der Waals surface area contributed by atoms with E-state index in [1.165, 1.54) is 0 Å². The quantitative estimate of drug-likeness (QED) is 0.663. The molecule has 0 spiro atoms. The van der Waals surface area contributed by atoms with Crippen molar-refractivity contribution in [3.8, 4) is 6.07 Å². The van der Waals surface area contributed by atoms with Crippen LogP contribution in [0.1, 0.15) is 40.0 Å². The van der Waals surface area contributed by atoms with Crippen molar-refractivity contribution in [2.75, 3.05) is 0 Å². The zero-order valence-corrected chi connectivity index (χ0v) is 8.48. The van der Waals surface area contributed by atoms with Crippen molar-refractivity contribution in [2.45, 2.75) is 45.6 Å². The van der Waals surface area contributed by atoms with Crippen LogP contribution >= 0.6 is 0 Å². The molecular weight excluding hydrogens is 164 g/mol. The summed E-state index contributed by atoms with van der Waals surface area (Å²) < 4.78 is 0. The maximum Gasteiger partial charge on any atom is 0.0966 e. The lowest BCUT2D eigenvalue weighted by molar-refractivity contribution is -0.0588. The summed E-state index contributed by atoms with van der Waals surface area (Å²) in [6.45, 7) is 5.92. The molecule has 0 unspecified atom stereocenters. The van der Waals surface area contributed by atoms with E-state index in [2.05, 4.69) is 11.5 Å². The zero-order chi connectivity index (χ0) is 9.90. The Morgan fingerprint density at radius 3 is 2.62 bits per heavy atom. The van der Waals surface area contributed by atoms with Crippen LogP contribution in [0, 0.1) is 11.3 Å². The van der Waals surface area contributed by atoms with Crippen molar-refractivity contribution >= 4 is 0 Å². The number of hydrogen-bond donors (Lipinski definition) is 1. The lowest BCUT2D eigenvalue weighted by Gasteiger charge is -2.20. The summed E-state index contributed by atoms with van der Waals surface area (Å²) >= 11 is 0. The molecule has 0 saturated carbocycles. The molecule has 3 nitrogen and oxygen atoms in total. The van der Waals surface area contributed by atoms with Gasteiger partial charge in [0.2, 0.25) is 0 Å². The van der Waals surface area contributed by atoms with Crippen molar-refractivity contribution < 1.29 is 4.84 Å². The van der Waals surface area contributed by atoms with Gasteiger partial charge in [-0.05, 0) is 40.0 Å². The van der Waals surface area contributed by atoms with Crippen LogP contribution in [0.2, 0.25) is 0 Å². The Morgan fingerprint density at radius 1 is 1.38 bits per heavy atom. The molecule has 0 bridgehead atoms. The second kappa shape index (κ2) is 3.80. The highest BCUT2D eigenvalue weighted by Gasteiger charge is 2.17. The van der Waals surface area contributed by atoms with Crippen LogP contribution in [0.5, 0.6) is 0 Å². The van der Waals surface area contributed by atoms with Gasteiger partial charge in [0.1, 0.15) is 0 Å². The molecule has 1 aliphatic carbocycles.